The third-order valence-corrected chi connectivity index (χ3v) is 3.93. The van der Waals surface area contributed by atoms with Crippen LogP contribution in [0.1, 0.15) is 40.3 Å². The fourth-order valence-electron chi connectivity index (χ4n) is 2.56. The molecule has 1 aliphatic rings. The van der Waals surface area contributed by atoms with E-state index in [4.69, 9.17) is 9.47 Å². The van der Waals surface area contributed by atoms with Crippen molar-refractivity contribution in [2.24, 2.45) is 0 Å². The Morgan fingerprint density at radius 1 is 1.08 bits per heavy atom. The van der Waals surface area contributed by atoms with E-state index in [1.54, 1.807) is 0 Å². The number of esters is 2. The van der Waals surface area contributed by atoms with Gasteiger partial charge in [-0.2, -0.15) is 0 Å². The maximum atomic E-state index is 11.9. The number of anilines is 1. The lowest BCUT2D eigenvalue weighted by atomic mass is 9.92. The van der Waals surface area contributed by atoms with Gasteiger partial charge in [-0.1, -0.05) is 20.8 Å². The zero-order valence-corrected chi connectivity index (χ0v) is 15.0. The summed E-state index contributed by atoms with van der Waals surface area (Å²) >= 11 is 0. The van der Waals surface area contributed by atoms with Gasteiger partial charge >= 0.3 is 11.9 Å². The van der Waals surface area contributed by atoms with E-state index in [1.165, 1.54) is 20.0 Å². The second-order valence-electron chi connectivity index (χ2n) is 7.62. The van der Waals surface area contributed by atoms with Crippen LogP contribution >= 0.6 is 0 Å². The van der Waals surface area contributed by atoms with Crippen molar-refractivity contribution < 1.29 is 19.1 Å². The van der Waals surface area contributed by atoms with Gasteiger partial charge in [0.1, 0.15) is 0 Å². The molecule has 6 nitrogen and oxygen atoms in total. The van der Waals surface area contributed by atoms with Gasteiger partial charge in [0.15, 0.2) is 5.57 Å². The number of aromatic nitrogens is 1. The summed E-state index contributed by atoms with van der Waals surface area (Å²) in [6.07, 6.45) is 1.32. The summed E-state index contributed by atoms with van der Waals surface area (Å²) in [6, 6.07) is 7.86. The Kier molecular flexibility index (Phi) is 3.86. The highest BCUT2D eigenvalue weighted by Gasteiger charge is 2.38. The number of carbonyl (C=O) groups excluding carboxylic acids is 2. The molecule has 0 radical (unpaired) electrons. The van der Waals surface area contributed by atoms with E-state index < -0.39 is 17.7 Å². The highest BCUT2D eigenvalue weighted by molar-refractivity contribution is 6.15. The number of benzene rings is 1. The minimum Gasteiger partial charge on any atom is -0.419 e. The normalized spacial score (nSPS) is 17.2. The minimum atomic E-state index is -1.24. The van der Waals surface area contributed by atoms with Crippen LogP contribution in [0.25, 0.3) is 10.9 Å². The molecule has 1 aromatic carbocycles. The molecular formula is C19H22N2O4. The molecule has 0 saturated carbocycles. The lowest BCUT2D eigenvalue weighted by Gasteiger charge is -2.29. The van der Waals surface area contributed by atoms with Crippen LogP contribution in [0, 0.1) is 0 Å². The van der Waals surface area contributed by atoms with E-state index in [-0.39, 0.29) is 11.0 Å². The summed E-state index contributed by atoms with van der Waals surface area (Å²) in [5, 5.41) is 4.01. The molecule has 2 N–H and O–H groups in total. The first-order valence-corrected chi connectivity index (χ1v) is 8.12. The maximum Gasteiger partial charge on any atom is 0.350 e. The lowest BCUT2D eigenvalue weighted by molar-refractivity contribution is -0.222. The zero-order valence-electron chi connectivity index (χ0n) is 15.0. The first kappa shape index (κ1) is 17.1. The van der Waals surface area contributed by atoms with Gasteiger partial charge in [-0.15, -0.1) is 0 Å². The van der Waals surface area contributed by atoms with Crippen LogP contribution < -0.4 is 5.32 Å². The van der Waals surface area contributed by atoms with E-state index in [9.17, 15) is 9.59 Å². The predicted octanol–water partition coefficient (Wildman–Crippen LogP) is 3.60. The summed E-state index contributed by atoms with van der Waals surface area (Å²) in [6.45, 7) is 9.45. The number of hydrogen-bond acceptors (Lipinski definition) is 5. The van der Waals surface area contributed by atoms with Crippen molar-refractivity contribution in [3.63, 3.8) is 0 Å². The summed E-state index contributed by atoms with van der Waals surface area (Å²) in [5.74, 6) is -2.64. The van der Waals surface area contributed by atoms with Crippen LogP contribution in [-0.2, 0) is 24.5 Å². The number of cyclic esters (lactones) is 2. The van der Waals surface area contributed by atoms with Crippen molar-refractivity contribution >= 4 is 28.5 Å². The van der Waals surface area contributed by atoms with Crippen molar-refractivity contribution in [3.8, 4) is 0 Å². The molecule has 0 spiro atoms. The number of fused-ring (bicyclic) bond motifs is 1. The third kappa shape index (κ3) is 3.52. The molecule has 0 aliphatic carbocycles. The van der Waals surface area contributed by atoms with Gasteiger partial charge in [-0.3, -0.25) is 0 Å². The number of aromatic amines is 1. The van der Waals surface area contributed by atoms with Gasteiger partial charge in [0.25, 0.3) is 5.79 Å². The number of rotatable bonds is 2. The Labute approximate surface area is 146 Å². The minimum absolute atomic E-state index is 0.0248. The Morgan fingerprint density at radius 2 is 1.72 bits per heavy atom. The number of carbonyl (C=O) groups is 2. The molecule has 0 atom stereocenters. The van der Waals surface area contributed by atoms with Gasteiger partial charge in [-0.25, -0.2) is 9.59 Å². The Hall–Kier alpha value is -2.76. The summed E-state index contributed by atoms with van der Waals surface area (Å²) in [5.41, 5.74) is 2.78. The van der Waals surface area contributed by atoms with Crippen molar-refractivity contribution in [1.82, 2.24) is 4.98 Å². The molecule has 1 aliphatic heterocycles. The van der Waals surface area contributed by atoms with E-state index in [1.807, 2.05) is 18.2 Å². The summed E-state index contributed by atoms with van der Waals surface area (Å²) < 4.78 is 10.1. The quantitative estimate of drug-likeness (QED) is 0.495. The smallest absolute Gasteiger partial charge is 0.350 e. The zero-order chi connectivity index (χ0) is 18.4. The number of hydrogen-bond donors (Lipinski definition) is 2. The Balaban J connectivity index is 1.83. The first-order valence-electron chi connectivity index (χ1n) is 8.12. The van der Waals surface area contributed by atoms with E-state index >= 15 is 0 Å². The molecule has 2 aromatic rings. The predicted molar refractivity (Wildman–Crippen MR) is 95.0 cm³/mol. The average molecular weight is 342 g/mol. The van der Waals surface area contributed by atoms with Crippen LogP contribution in [-0.4, -0.2) is 22.7 Å². The molecule has 3 rings (SSSR count). The number of ether oxygens (including phenoxy) is 2. The van der Waals surface area contributed by atoms with Crippen LogP contribution in [0.15, 0.2) is 36.0 Å². The largest absolute Gasteiger partial charge is 0.419 e. The molecule has 132 valence electrons. The monoisotopic (exact) mass is 342 g/mol. The van der Waals surface area contributed by atoms with Crippen molar-refractivity contribution in [3.05, 3.63) is 41.7 Å². The molecule has 0 bridgehead atoms. The topological polar surface area (TPSA) is 80.4 Å². The number of H-pyrrole nitrogens is 1. The Morgan fingerprint density at radius 3 is 2.32 bits per heavy atom. The summed E-state index contributed by atoms with van der Waals surface area (Å²) in [7, 11) is 0. The maximum absolute atomic E-state index is 11.9. The highest BCUT2D eigenvalue weighted by Crippen LogP contribution is 2.28. The van der Waals surface area contributed by atoms with Crippen molar-refractivity contribution in [2.75, 3.05) is 5.32 Å². The molecule has 25 heavy (non-hydrogen) atoms. The second-order valence-corrected chi connectivity index (χ2v) is 7.62. The third-order valence-electron chi connectivity index (χ3n) is 3.93. The molecule has 1 saturated heterocycles. The van der Waals surface area contributed by atoms with E-state index in [2.05, 4.69) is 37.1 Å². The average Bonchev–Trinajstić information content (AvgIpc) is 2.88. The molecule has 1 fully saturated rings. The van der Waals surface area contributed by atoms with E-state index in [0.29, 0.717) is 0 Å². The van der Waals surface area contributed by atoms with Gasteiger partial charge in [0.2, 0.25) is 0 Å². The fourth-order valence-corrected chi connectivity index (χ4v) is 2.56. The first-order chi connectivity index (χ1) is 11.5. The van der Waals surface area contributed by atoms with Crippen LogP contribution in [0.2, 0.25) is 0 Å². The fraction of sp³-hybridized carbons (Fsp3) is 0.368. The van der Waals surface area contributed by atoms with Crippen molar-refractivity contribution in [1.29, 1.82) is 0 Å². The Bertz CT molecular complexity index is 862. The van der Waals surface area contributed by atoms with Crippen LogP contribution in [0.5, 0.6) is 0 Å². The van der Waals surface area contributed by atoms with Gasteiger partial charge in [-0.05, 0) is 24.3 Å². The summed E-state index contributed by atoms with van der Waals surface area (Å²) in [4.78, 5) is 27.3. The van der Waals surface area contributed by atoms with Gasteiger partial charge in [0, 0.05) is 47.7 Å². The van der Waals surface area contributed by atoms with Crippen LogP contribution in [0.4, 0.5) is 5.69 Å². The van der Waals surface area contributed by atoms with Gasteiger partial charge in [0.05, 0.1) is 0 Å². The molecular weight excluding hydrogens is 320 g/mol. The van der Waals surface area contributed by atoms with Gasteiger partial charge < -0.3 is 19.8 Å². The highest BCUT2D eigenvalue weighted by atomic mass is 16.7. The number of nitrogens with one attached hydrogen (secondary N) is 2. The SMILES string of the molecule is CC1(C)OC(=O)C(=CNc2ccc3[nH]c(C(C)(C)C)cc3c2)C(=O)O1. The van der Waals surface area contributed by atoms with E-state index in [0.717, 1.165) is 22.3 Å². The molecule has 1 aromatic heterocycles. The lowest BCUT2D eigenvalue weighted by Crippen LogP contribution is -2.42. The molecule has 0 unspecified atom stereocenters. The van der Waals surface area contributed by atoms with Crippen LogP contribution in [0.3, 0.4) is 0 Å². The standard InChI is InChI=1S/C19H22N2O4/c1-18(2,3)15-9-11-8-12(6-7-14(11)21-15)20-10-13-16(22)24-19(4,5)25-17(13)23/h6-10,20-21H,1-5H3. The molecule has 0 amide bonds. The molecule has 6 heteroatoms. The second kappa shape index (κ2) is 5.65. The van der Waals surface area contributed by atoms with Crippen molar-refractivity contribution in [2.45, 2.75) is 45.8 Å². The molecule has 2 heterocycles.